The molecule has 11 heteroatoms. The molecule has 0 saturated carbocycles. The fourth-order valence-electron chi connectivity index (χ4n) is 3.56. The van der Waals surface area contributed by atoms with Crippen LogP contribution in [0.15, 0.2) is 72.0 Å². The van der Waals surface area contributed by atoms with Crippen molar-refractivity contribution in [3.8, 4) is 11.8 Å². The number of alkyl halides is 3. The Morgan fingerprint density at radius 2 is 1.86 bits per heavy atom. The van der Waals surface area contributed by atoms with Crippen LogP contribution in [0.3, 0.4) is 0 Å². The van der Waals surface area contributed by atoms with Gasteiger partial charge >= 0.3 is 6.36 Å². The summed E-state index contributed by atoms with van der Waals surface area (Å²) in [5.74, 6) is -1.04. The highest BCUT2D eigenvalue weighted by atomic mass is 35.5. The maximum atomic E-state index is 12.6. The summed E-state index contributed by atoms with van der Waals surface area (Å²) in [7, 11) is 0. The van der Waals surface area contributed by atoms with Gasteiger partial charge in [0.05, 0.1) is 29.4 Å². The average molecular weight is 500 g/mol. The normalized spacial score (nSPS) is 15.3. The number of ether oxygens (including phenoxy) is 1. The minimum Gasteiger partial charge on any atom is -0.406 e. The van der Waals surface area contributed by atoms with Gasteiger partial charge in [0.1, 0.15) is 18.4 Å². The number of carbonyl (C=O) groups is 1. The molecule has 35 heavy (non-hydrogen) atoms. The number of carbonyl (C=O) groups excluding carboxylic acids is 1. The molecule has 4 rings (SSSR count). The molecule has 1 aromatic heterocycles. The minimum atomic E-state index is -4.79. The van der Waals surface area contributed by atoms with Gasteiger partial charge in [0.2, 0.25) is 5.91 Å². The van der Waals surface area contributed by atoms with Crippen LogP contribution in [0, 0.1) is 11.3 Å². The zero-order chi connectivity index (χ0) is 25.0. The second-order valence-electron chi connectivity index (χ2n) is 7.60. The van der Waals surface area contributed by atoms with E-state index in [0.717, 1.165) is 17.7 Å². The molecule has 0 bridgehead atoms. The van der Waals surface area contributed by atoms with Crippen molar-refractivity contribution in [2.24, 2.45) is 5.10 Å². The Hall–Kier alpha value is -4.10. The molecule has 1 unspecified atom stereocenters. The van der Waals surface area contributed by atoms with Gasteiger partial charge in [-0.2, -0.15) is 10.4 Å². The summed E-state index contributed by atoms with van der Waals surface area (Å²) >= 11 is 6.01. The predicted octanol–water partition coefficient (Wildman–Crippen LogP) is 4.95. The molecular weight excluding hydrogens is 483 g/mol. The Bertz CT molecular complexity index is 1270. The first-order valence-electron chi connectivity index (χ1n) is 10.3. The number of hydrazone groups is 1. The maximum Gasteiger partial charge on any atom is 0.573 e. The number of benzene rings is 2. The van der Waals surface area contributed by atoms with Crippen molar-refractivity contribution in [1.29, 1.82) is 5.26 Å². The van der Waals surface area contributed by atoms with Crippen molar-refractivity contribution in [3.63, 3.8) is 0 Å². The van der Waals surface area contributed by atoms with Crippen molar-refractivity contribution >= 4 is 28.9 Å². The fraction of sp³-hybridized carbons (Fsp3) is 0.167. The van der Waals surface area contributed by atoms with E-state index in [-0.39, 0.29) is 18.2 Å². The van der Waals surface area contributed by atoms with Crippen LogP contribution in [0.5, 0.6) is 5.75 Å². The molecule has 2 aromatic carbocycles. The molecular formula is C24H17ClF3N5O2. The van der Waals surface area contributed by atoms with E-state index in [2.05, 4.69) is 20.1 Å². The lowest BCUT2D eigenvalue weighted by Gasteiger charge is -2.16. The quantitative estimate of drug-likeness (QED) is 0.518. The van der Waals surface area contributed by atoms with Gasteiger partial charge in [-0.25, -0.2) is 0 Å². The van der Waals surface area contributed by atoms with E-state index in [9.17, 15) is 18.0 Å². The largest absolute Gasteiger partial charge is 0.573 e. The third kappa shape index (κ3) is 6.28. The minimum absolute atomic E-state index is 0.0926. The molecule has 1 amide bonds. The Labute approximate surface area is 203 Å². The standard InChI is InChI=1S/C24H17ClF3N5O2/c25-17-4-2-16(3-5-17)23-20(21-10-1-15(11-29)12-30-21)13-33(32-23)14-22(34)31-18-6-8-19(9-7-18)35-24(26,27)28/h1-10,12,20H,13-14H2,(H,31,34). The summed E-state index contributed by atoms with van der Waals surface area (Å²) in [6.07, 6.45) is -3.31. The molecule has 1 aliphatic heterocycles. The van der Waals surface area contributed by atoms with Crippen molar-refractivity contribution in [2.75, 3.05) is 18.4 Å². The topological polar surface area (TPSA) is 90.6 Å². The molecule has 0 aliphatic carbocycles. The van der Waals surface area contributed by atoms with Gasteiger partial charge in [-0.3, -0.25) is 14.8 Å². The summed E-state index contributed by atoms with van der Waals surface area (Å²) in [5, 5.41) is 18.5. The fourth-order valence-corrected chi connectivity index (χ4v) is 3.68. The Morgan fingerprint density at radius 3 is 2.46 bits per heavy atom. The van der Waals surface area contributed by atoms with Crippen LogP contribution in [0.4, 0.5) is 18.9 Å². The lowest BCUT2D eigenvalue weighted by molar-refractivity contribution is -0.274. The van der Waals surface area contributed by atoms with E-state index in [1.54, 1.807) is 29.3 Å². The summed E-state index contributed by atoms with van der Waals surface area (Å²) in [5.41, 5.74) is 2.95. The first kappa shape index (κ1) is 24.0. The number of aromatic nitrogens is 1. The number of nitrogens with one attached hydrogen (secondary N) is 1. The highest BCUT2D eigenvalue weighted by Gasteiger charge is 2.32. The summed E-state index contributed by atoms with van der Waals surface area (Å²) in [6, 6.07) is 17.4. The number of nitrogens with zero attached hydrogens (tertiary/aromatic N) is 4. The second-order valence-corrected chi connectivity index (χ2v) is 8.03. The van der Waals surface area contributed by atoms with Gasteiger partial charge in [-0.15, -0.1) is 13.2 Å². The summed E-state index contributed by atoms with van der Waals surface area (Å²) in [4.78, 5) is 17.0. The van der Waals surface area contributed by atoms with Gasteiger partial charge < -0.3 is 10.1 Å². The number of amides is 1. The third-order valence-electron chi connectivity index (χ3n) is 5.08. The SMILES string of the molecule is N#Cc1ccc(C2CN(CC(=O)Nc3ccc(OC(F)(F)F)cc3)N=C2c2ccc(Cl)cc2)nc1. The number of hydrogen-bond donors (Lipinski definition) is 1. The molecule has 1 N–H and O–H groups in total. The zero-order valence-corrected chi connectivity index (χ0v) is 18.7. The number of halogens is 4. The number of hydrogen-bond acceptors (Lipinski definition) is 6. The van der Waals surface area contributed by atoms with E-state index in [1.807, 2.05) is 18.2 Å². The van der Waals surface area contributed by atoms with Gasteiger partial charge in [-0.1, -0.05) is 23.7 Å². The van der Waals surface area contributed by atoms with Crippen LogP contribution < -0.4 is 10.1 Å². The molecule has 178 valence electrons. The van der Waals surface area contributed by atoms with E-state index in [0.29, 0.717) is 34.2 Å². The summed E-state index contributed by atoms with van der Waals surface area (Å²) in [6.45, 7) is 0.271. The van der Waals surface area contributed by atoms with Gasteiger partial charge in [-0.05, 0) is 54.1 Å². The Balaban J connectivity index is 1.48. The monoisotopic (exact) mass is 499 g/mol. The van der Waals surface area contributed by atoms with Gasteiger partial charge in [0.25, 0.3) is 0 Å². The molecule has 0 saturated heterocycles. The number of pyridine rings is 1. The Morgan fingerprint density at radius 1 is 1.14 bits per heavy atom. The van der Waals surface area contributed by atoms with Crippen LogP contribution in [-0.2, 0) is 4.79 Å². The van der Waals surface area contributed by atoms with Crippen LogP contribution in [0.25, 0.3) is 0 Å². The van der Waals surface area contributed by atoms with E-state index in [1.165, 1.54) is 18.3 Å². The molecule has 7 nitrogen and oxygen atoms in total. The van der Waals surface area contributed by atoms with Crippen molar-refractivity contribution < 1.29 is 22.7 Å². The molecule has 0 spiro atoms. The van der Waals surface area contributed by atoms with Gasteiger partial charge in [0, 0.05) is 16.9 Å². The van der Waals surface area contributed by atoms with Crippen LogP contribution in [0.1, 0.15) is 22.7 Å². The number of nitriles is 1. The number of rotatable bonds is 6. The van der Waals surface area contributed by atoms with Crippen LogP contribution in [0.2, 0.25) is 5.02 Å². The van der Waals surface area contributed by atoms with E-state index < -0.39 is 12.3 Å². The lowest BCUT2D eigenvalue weighted by atomic mass is 9.94. The van der Waals surface area contributed by atoms with Gasteiger partial charge in [0.15, 0.2) is 0 Å². The molecule has 0 radical (unpaired) electrons. The maximum absolute atomic E-state index is 12.6. The smallest absolute Gasteiger partial charge is 0.406 e. The third-order valence-corrected chi connectivity index (χ3v) is 5.33. The van der Waals surface area contributed by atoms with E-state index in [4.69, 9.17) is 16.9 Å². The van der Waals surface area contributed by atoms with Crippen LogP contribution in [-0.4, -0.2) is 41.1 Å². The van der Waals surface area contributed by atoms with Crippen LogP contribution >= 0.6 is 11.6 Å². The molecule has 1 atom stereocenters. The average Bonchev–Trinajstić information content (AvgIpc) is 3.23. The second kappa shape index (κ2) is 10.0. The number of anilines is 1. The molecule has 1 aliphatic rings. The van der Waals surface area contributed by atoms with Crippen molar-refractivity contribution in [2.45, 2.75) is 12.3 Å². The highest BCUT2D eigenvalue weighted by Crippen LogP contribution is 2.29. The highest BCUT2D eigenvalue weighted by molar-refractivity contribution is 6.30. The van der Waals surface area contributed by atoms with Crippen molar-refractivity contribution in [3.05, 3.63) is 88.7 Å². The molecule has 2 heterocycles. The molecule has 0 fully saturated rings. The zero-order valence-electron chi connectivity index (χ0n) is 18.0. The first-order chi connectivity index (χ1) is 16.7. The lowest BCUT2D eigenvalue weighted by Crippen LogP contribution is -2.29. The molecule has 3 aromatic rings. The predicted molar refractivity (Wildman–Crippen MR) is 123 cm³/mol. The van der Waals surface area contributed by atoms with E-state index >= 15 is 0 Å². The Kier molecular flexibility index (Phi) is 6.89. The van der Waals surface area contributed by atoms with Crippen molar-refractivity contribution in [1.82, 2.24) is 9.99 Å². The first-order valence-corrected chi connectivity index (χ1v) is 10.7. The summed E-state index contributed by atoms with van der Waals surface area (Å²) < 4.78 is 40.8.